The first kappa shape index (κ1) is 15.0. The topological polar surface area (TPSA) is 21.3 Å². The van der Waals surface area contributed by atoms with Gasteiger partial charge in [-0.3, -0.25) is 0 Å². The summed E-state index contributed by atoms with van der Waals surface area (Å²) in [6, 6.07) is 5.11. The average molecular weight is 253 g/mol. The molecule has 2 nitrogen and oxygen atoms in total. The highest BCUT2D eigenvalue weighted by Crippen LogP contribution is 2.22. The van der Waals surface area contributed by atoms with Crippen molar-refractivity contribution >= 4 is 0 Å². The summed E-state index contributed by atoms with van der Waals surface area (Å²) in [5.74, 6) is 0.911. The summed E-state index contributed by atoms with van der Waals surface area (Å²) in [6.45, 7) is 6.89. The van der Waals surface area contributed by atoms with E-state index in [0.29, 0.717) is 23.8 Å². The second kappa shape index (κ2) is 7.37. The van der Waals surface area contributed by atoms with Gasteiger partial charge in [0.05, 0.1) is 6.61 Å². The predicted molar refractivity (Wildman–Crippen MR) is 73.4 cm³/mol. The predicted octanol–water partition coefficient (Wildman–Crippen LogP) is 3.92. The minimum absolute atomic E-state index is 0.0121. The zero-order chi connectivity index (χ0) is 13.5. The van der Waals surface area contributed by atoms with Gasteiger partial charge in [0.2, 0.25) is 0 Å². The maximum atomic E-state index is 13.8. The summed E-state index contributed by atoms with van der Waals surface area (Å²) in [7, 11) is 1.82. The molecule has 0 aliphatic carbocycles. The second-order valence-corrected chi connectivity index (χ2v) is 4.90. The van der Waals surface area contributed by atoms with E-state index in [1.165, 1.54) is 6.07 Å². The lowest BCUT2D eigenvalue weighted by Crippen LogP contribution is -2.14. The fourth-order valence-corrected chi connectivity index (χ4v) is 1.92. The van der Waals surface area contributed by atoms with Crippen molar-refractivity contribution < 1.29 is 9.13 Å². The fraction of sp³-hybridized carbons (Fsp3) is 0.600. The number of nitrogens with one attached hydrogen (secondary N) is 1. The highest BCUT2D eigenvalue weighted by Gasteiger charge is 2.10. The largest absolute Gasteiger partial charge is 0.493 e. The third-order valence-corrected chi connectivity index (χ3v) is 3.19. The van der Waals surface area contributed by atoms with Crippen LogP contribution in [0.15, 0.2) is 18.2 Å². The highest BCUT2D eigenvalue weighted by molar-refractivity contribution is 5.30. The summed E-state index contributed by atoms with van der Waals surface area (Å²) >= 11 is 0. The Labute approximate surface area is 110 Å². The van der Waals surface area contributed by atoms with Crippen LogP contribution in [0.5, 0.6) is 5.75 Å². The van der Waals surface area contributed by atoms with Gasteiger partial charge in [0.1, 0.15) is 11.6 Å². The molecule has 18 heavy (non-hydrogen) atoms. The third-order valence-electron chi connectivity index (χ3n) is 3.19. The average Bonchev–Trinajstić information content (AvgIpc) is 2.36. The maximum Gasteiger partial charge on any atom is 0.131 e. The Morgan fingerprint density at radius 1 is 1.33 bits per heavy atom. The van der Waals surface area contributed by atoms with E-state index in [4.69, 9.17) is 4.74 Å². The number of hydrogen-bond donors (Lipinski definition) is 1. The van der Waals surface area contributed by atoms with Gasteiger partial charge >= 0.3 is 0 Å². The molecule has 0 fully saturated rings. The Morgan fingerprint density at radius 3 is 2.61 bits per heavy atom. The minimum Gasteiger partial charge on any atom is -0.493 e. The first-order valence-electron chi connectivity index (χ1n) is 6.68. The van der Waals surface area contributed by atoms with Gasteiger partial charge in [-0.05, 0) is 32.4 Å². The minimum atomic E-state index is -0.211. The van der Waals surface area contributed by atoms with E-state index in [9.17, 15) is 4.39 Å². The fourth-order valence-electron chi connectivity index (χ4n) is 1.92. The summed E-state index contributed by atoms with van der Waals surface area (Å²) < 4.78 is 19.4. The van der Waals surface area contributed by atoms with E-state index in [2.05, 4.69) is 19.2 Å². The number of ether oxygens (including phenoxy) is 1. The van der Waals surface area contributed by atoms with Gasteiger partial charge in [0.25, 0.3) is 0 Å². The Hall–Kier alpha value is -1.09. The molecule has 0 aliphatic heterocycles. The van der Waals surface area contributed by atoms with Crippen molar-refractivity contribution in [3.8, 4) is 5.75 Å². The number of rotatable bonds is 7. The van der Waals surface area contributed by atoms with E-state index >= 15 is 0 Å². The molecule has 1 aromatic rings. The highest BCUT2D eigenvalue weighted by atomic mass is 19.1. The molecule has 0 aromatic heterocycles. The summed E-state index contributed by atoms with van der Waals surface area (Å²) in [6.07, 6.45) is 2.29. The SMILES string of the molecule is CCCC(C)COc1ccc(C(C)NC)c(F)c1. The Balaban J connectivity index is 2.61. The Morgan fingerprint density at radius 2 is 2.06 bits per heavy atom. The van der Waals surface area contributed by atoms with Crippen LogP contribution in [0.3, 0.4) is 0 Å². The quantitative estimate of drug-likeness (QED) is 0.795. The van der Waals surface area contributed by atoms with Crippen molar-refractivity contribution in [3.05, 3.63) is 29.6 Å². The van der Waals surface area contributed by atoms with E-state index in [1.807, 2.05) is 20.0 Å². The normalized spacial score (nSPS) is 14.3. The number of hydrogen-bond acceptors (Lipinski definition) is 2. The molecule has 0 saturated heterocycles. The molecule has 102 valence electrons. The molecule has 3 heteroatoms. The molecule has 2 unspecified atom stereocenters. The van der Waals surface area contributed by atoms with Crippen LogP contribution in [-0.4, -0.2) is 13.7 Å². The molecule has 0 radical (unpaired) electrons. The zero-order valence-corrected chi connectivity index (χ0v) is 11.8. The first-order chi connectivity index (χ1) is 8.58. The van der Waals surface area contributed by atoms with Crippen LogP contribution in [0.25, 0.3) is 0 Å². The molecule has 2 atom stereocenters. The van der Waals surface area contributed by atoms with Crippen molar-refractivity contribution in [2.45, 2.75) is 39.7 Å². The van der Waals surface area contributed by atoms with Gasteiger partial charge in [-0.2, -0.15) is 0 Å². The molecule has 1 aromatic carbocycles. The van der Waals surface area contributed by atoms with Gasteiger partial charge in [-0.15, -0.1) is 0 Å². The van der Waals surface area contributed by atoms with Gasteiger partial charge in [-0.1, -0.05) is 26.3 Å². The lowest BCUT2D eigenvalue weighted by Gasteiger charge is -2.15. The van der Waals surface area contributed by atoms with Gasteiger partial charge < -0.3 is 10.1 Å². The molecule has 0 bridgehead atoms. The molecular weight excluding hydrogens is 229 g/mol. The zero-order valence-electron chi connectivity index (χ0n) is 11.8. The third kappa shape index (κ3) is 4.30. The van der Waals surface area contributed by atoms with Crippen LogP contribution in [-0.2, 0) is 0 Å². The molecule has 0 spiro atoms. The van der Waals surface area contributed by atoms with Crippen LogP contribution in [0, 0.1) is 11.7 Å². The van der Waals surface area contributed by atoms with Crippen molar-refractivity contribution in [1.29, 1.82) is 0 Å². The molecule has 0 heterocycles. The van der Waals surface area contributed by atoms with E-state index in [-0.39, 0.29) is 11.9 Å². The Kier molecular flexibility index (Phi) is 6.13. The van der Waals surface area contributed by atoms with Gasteiger partial charge in [-0.25, -0.2) is 4.39 Å². The molecular formula is C15H24FNO. The summed E-state index contributed by atoms with van der Waals surface area (Å²) in [4.78, 5) is 0. The standard InChI is InChI=1S/C15H24FNO/c1-5-6-11(2)10-18-13-7-8-14(12(3)17-4)15(16)9-13/h7-9,11-12,17H,5-6,10H2,1-4H3. The van der Waals surface area contributed by atoms with Gasteiger partial charge in [0, 0.05) is 17.7 Å². The molecule has 0 aliphatic rings. The lowest BCUT2D eigenvalue weighted by atomic mass is 10.1. The second-order valence-electron chi connectivity index (χ2n) is 4.90. The molecule has 1 N–H and O–H groups in total. The molecule has 0 saturated carbocycles. The van der Waals surface area contributed by atoms with E-state index in [1.54, 1.807) is 6.07 Å². The number of halogens is 1. The Bertz CT molecular complexity index is 368. The van der Waals surface area contributed by atoms with Crippen LogP contribution in [0.2, 0.25) is 0 Å². The van der Waals surface area contributed by atoms with Crippen molar-refractivity contribution in [3.63, 3.8) is 0 Å². The monoisotopic (exact) mass is 253 g/mol. The van der Waals surface area contributed by atoms with Crippen molar-refractivity contribution in [2.75, 3.05) is 13.7 Å². The van der Waals surface area contributed by atoms with Crippen LogP contribution < -0.4 is 10.1 Å². The molecule has 1 rings (SSSR count). The van der Waals surface area contributed by atoms with E-state index < -0.39 is 0 Å². The van der Waals surface area contributed by atoms with Crippen LogP contribution >= 0.6 is 0 Å². The first-order valence-corrected chi connectivity index (χ1v) is 6.68. The summed E-state index contributed by atoms with van der Waals surface area (Å²) in [5.41, 5.74) is 0.673. The lowest BCUT2D eigenvalue weighted by molar-refractivity contribution is 0.250. The van der Waals surface area contributed by atoms with Crippen molar-refractivity contribution in [2.24, 2.45) is 5.92 Å². The summed E-state index contributed by atoms with van der Waals surface area (Å²) in [5, 5.41) is 3.03. The van der Waals surface area contributed by atoms with Crippen LogP contribution in [0.4, 0.5) is 4.39 Å². The van der Waals surface area contributed by atoms with Gasteiger partial charge in [0.15, 0.2) is 0 Å². The van der Waals surface area contributed by atoms with E-state index in [0.717, 1.165) is 12.8 Å². The smallest absolute Gasteiger partial charge is 0.131 e. The van der Waals surface area contributed by atoms with Crippen molar-refractivity contribution in [1.82, 2.24) is 5.32 Å². The number of benzene rings is 1. The maximum absolute atomic E-state index is 13.8. The molecule has 0 amide bonds. The van der Waals surface area contributed by atoms with Crippen LogP contribution in [0.1, 0.15) is 45.2 Å².